The van der Waals surface area contributed by atoms with Crippen LogP contribution in [0.3, 0.4) is 0 Å². The number of hydrogen-bond donors (Lipinski definition) is 1. The minimum atomic E-state index is -3.80. The summed E-state index contributed by atoms with van der Waals surface area (Å²) in [5.41, 5.74) is -0.548. The van der Waals surface area contributed by atoms with E-state index in [9.17, 15) is 18.0 Å². The van der Waals surface area contributed by atoms with Crippen LogP contribution < -0.4 is 5.32 Å². The minimum absolute atomic E-state index is 0.141. The fourth-order valence-electron chi connectivity index (χ4n) is 4.47. The molecule has 0 bridgehead atoms. The summed E-state index contributed by atoms with van der Waals surface area (Å²) in [6, 6.07) is 4.72. The summed E-state index contributed by atoms with van der Waals surface area (Å²) in [5.74, 6) is -0.163. The van der Waals surface area contributed by atoms with Crippen molar-refractivity contribution in [1.82, 2.24) is 24.4 Å². The normalized spacial score (nSPS) is 20.0. The van der Waals surface area contributed by atoms with Gasteiger partial charge in [0, 0.05) is 68.5 Å². The third-order valence-corrected chi connectivity index (χ3v) is 8.42. The number of aromatic nitrogens is 1. The zero-order valence-electron chi connectivity index (χ0n) is 20.7. The van der Waals surface area contributed by atoms with E-state index in [4.69, 9.17) is 16.3 Å². The summed E-state index contributed by atoms with van der Waals surface area (Å²) in [6.45, 7) is 8.28. The average Bonchev–Trinajstić information content (AvgIpc) is 3.27. The third-order valence-electron chi connectivity index (χ3n) is 6.22. The molecular formula is C24H32ClN5O5S. The van der Waals surface area contributed by atoms with E-state index in [0.717, 1.165) is 0 Å². The number of ether oxygens (including phenoxy) is 1. The van der Waals surface area contributed by atoms with Crippen molar-refractivity contribution < 1.29 is 22.7 Å². The van der Waals surface area contributed by atoms with Gasteiger partial charge in [0.05, 0.1) is 16.5 Å². The Hall–Kier alpha value is -2.47. The highest BCUT2D eigenvalue weighted by Gasteiger charge is 2.35. The number of pyridine rings is 1. The van der Waals surface area contributed by atoms with Crippen molar-refractivity contribution >= 4 is 44.4 Å². The molecule has 1 unspecified atom stereocenters. The number of carbonyl (C=O) groups is 2. The molecule has 2 aliphatic heterocycles. The number of hydrogen-bond acceptors (Lipinski definition) is 7. The zero-order chi connectivity index (χ0) is 26.1. The lowest BCUT2D eigenvalue weighted by Gasteiger charge is -2.35. The maximum atomic E-state index is 13.4. The molecule has 12 heteroatoms. The summed E-state index contributed by atoms with van der Waals surface area (Å²) in [7, 11) is -3.80. The van der Waals surface area contributed by atoms with E-state index in [1.165, 1.54) is 10.5 Å². The first kappa shape index (κ1) is 26.6. The number of amides is 2. The number of piperazine rings is 1. The predicted octanol–water partition coefficient (Wildman–Crippen LogP) is 2.32. The monoisotopic (exact) mass is 537 g/mol. The number of benzene rings is 1. The summed E-state index contributed by atoms with van der Waals surface area (Å²) in [6.07, 6.45) is 3.20. The molecule has 4 rings (SSSR count). The Kier molecular flexibility index (Phi) is 7.75. The van der Waals surface area contributed by atoms with E-state index < -0.39 is 15.6 Å². The molecule has 2 amide bonds. The van der Waals surface area contributed by atoms with Crippen molar-refractivity contribution in [3.8, 4) is 0 Å². The van der Waals surface area contributed by atoms with Crippen molar-refractivity contribution in [3.63, 3.8) is 0 Å². The molecule has 2 saturated heterocycles. The lowest BCUT2D eigenvalue weighted by Crippen LogP contribution is -2.52. The van der Waals surface area contributed by atoms with E-state index >= 15 is 0 Å². The van der Waals surface area contributed by atoms with Crippen LogP contribution in [0.4, 0.5) is 4.79 Å². The molecule has 1 aromatic carbocycles. The first-order chi connectivity index (χ1) is 16.9. The van der Waals surface area contributed by atoms with Gasteiger partial charge in [0.2, 0.25) is 15.9 Å². The number of carbonyl (C=O) groups excluding carboxylic acids is 2. The number of nitrogens with zero attached hydrogens (tertiary/aromatic N) is 4. The maximum Gasteiger partial charge on any atom is 0.410 e. The van der Waals surface area contributed by atoms with E-state index in [1.54, 1.807) is 29.3 Å². The number of fused-ring (bicyclic) bond motifs is 1. The van der Waals surface area contributed by atoms with Gasteiger partial charge in [-0.15, -0.1) is 0 Å². The Bertz CT molecular complexity index is 1240. The van der Waals surface area contributed by atoms with Crippen molar-refractivity contribution in [1.29, 1.82) is 0 Å². The highest BCUT2D eigenvalue weighted by molar-refractivity contribution is 7.89. The lowest BCUT2D eigenvalue weighted by molar-refractivity contribution is -0.123. The summed E-state index contributed by atoms with van der Waals surface area (Å²) in [5, 5.41) is 4.35. The standard InChI is InChI=1S/C24H32ClN5O5S/c1-24(2,3)35-23(32)29-11-9-28(10-12-29)16-21(31)27-18-7-8-30(15-18)36(33,34)20-6-4-5-17-13-26-14-19(25)22(17)20/h4-6,13-14,18H,7-12,15-16H2,1-3H3,(H,27,31). The Morgan fingerprint density at radius 2 is 1.86 bits per heavy atom. The van der Waals surface area contributed by atoms with Crippen LogP contribution in [0, 0.1) is 0 Å². The minimum Gasteiger partial charge on any atom is -0.444 e. The molecule has 1 N–H and O–H groups in total. The molecule has 10 nitrogen and oxygen atoms in total. The molecule has 0 aliphatic carbocycles. The lowest BCUT2D eigenvalue weighted by atomic mass is 10.2. The first-order valence-corrected chi connectivity index (χ1v) is 13.8. The molecule has 2 fully saturated rings. The van der Waals surface area contributed by atoms with Crippen molar-refractivity contribution in [3.05, 3.63) is 35.6 Å². The van der Waals surface area contributed by atoms with E-state index in [0.29, 0.717) is 49.9 Å². The van der Waals surface area contributed by atoms with Crippen LogP contribution in [0.1, 0.15) is 27.2 Å². The van der Waals surface area contributed by atoms with Gasteiger partial charge in [-0.05, 0) is 33.3 Å². The summed E-state index contributed by atoms with van der Waals surface area (Å²) in [4.78, 5) is 32.7. The largest absolute Gasteiger partial charge is 0.444 e. The van der Waals surface area contributed by atoms with Crippen LogP contribution in [0.5, 0.6) is 0 Å². The van der Waals surface area contributed by atoms with Crippen molar-refractivity contribution in [2.45, 2.75) is 43.7 Å². The molecule has 1 atom stereocenters. The van der Waals surface area contributed by atoms with Gasteiger partial charge >= 0.3 is 6.09 Å². The second-order valence-electron chi connectivity index (χ2n) is 10.1. The molecule has 36 heavy (non-hydrogen) atoms. The van der Waals surface area contributed by atoms with Crippen LogP contribution in [-0.4, -0.2) is 97.0 Å². The highest BCUT2D eigenvalue weighted by atomic mass is 35.5. The molecule has 196 valence electrons. The topological polar surface area (TPSA) is 112 Å². The Morgan fingerprint density at radius 1 is 1.14 bits per heavy atom. The van der Waals surface area contributed by atoms with Gasteiger partial charge in [-0.1, -0.05) is 23.7 Å². The number of sulfonamides is 1. The van der Waals surface area contributed by atoms with Gasteiger partial charge in [0.1, 0.15) is 5.60 Å². The van der Waals surface area contributed by atoms with E-state index in [2.05, 4.69) is 10.3 Å². The van der Waals surface area contributed by atoms with Crippen LogP contribution in [0.15, 0.2) is 35.5 Å². The fraction of sp³-hybridized carbons (Fsp3) is 0.542. The summed E-state index contributed by atoms with van der Waals surface area (Å²) >= 11 is 6.28. The van der Waals surface area contributed by atoms with E-state index in [-0.39, 0.29) is 41.0 Å². The van der Waals surface area contributed by atoms with Crippen LogP contribution in [-0.2, 0) is 19.6 Å². The number of halogens is 1. The number of rotatable bonds is 5. The third kappa shape index (κ3) is 6.08. The van der Waals surface area contributed by atoms with Gasteiger partial charge in [0.25, 0.3) is 0 Å². The smallest absolute Gasteiger partial charge is 0.410 e. The SMILES string of the molecule is CC(C)(C)OC(=O)N1CCN(CC(=O)NC2CCN(S(=O)(=O)c3cccc4cncc(Cl)c34)C2)CC1. The van der Waals surface area contributed by atoms with Crippen LogP contribution >= 0.6 is 11.6 Å². The molecule has 2 aromatic rings. The second kappa shape index (κ2) is 10.5. The molecule has 0 radical (unpaired) electrons. The Balaban J connectivity index is 1.30. The second-order valence-corrected chi connectivity index (χ2v) is 12.4. The maximum absolute atomic E-state index is 13.4. The fourth-order valence-corrected chi connectivity index (χ4v) is 6.53. The molecule has 3 heterocycles. The quantitative estimate of drug-likeness (QED) is 0.623. The molecule has 0 spiro atoms. The molecule has 1 aromatic heterocycles. The van der Waals surface area contributed by atoms with Gasteiger partial charge < -0.3 is 15.0 Å². The van der Waals surface area contributed by atoms with Gasteiger partial charge in [-0.2, -0.15) is 4.31 Å². The van der Waals surface area contributed by atoms with Crippen molar-refractivity contribution in [2.75, 3.05) is 45.8 Å². The molecule has 0 saturated carbocycles. The van der Waals surface area contributed by atoms with Crippen LogP contribution in [0.2, 0.25) is 5.02 Å². The van der Waals surface area contributed by atoms with Crippen molar-refractivity contribution in [2.24, 2.45) is 0 Å². The first-order valence-electron chi connectivity index (χ1n) is 12.0. The predicted molar refractivity (Wildman–Crippen MR) is 136 cm³/mol. The average molecular weight is 538 g/mol. The van der Waals surface area contributed by atoms with Crippen LogP contribution in [0.25, 0.3) is 10.8 Å². The summed E-state index contributed by atoms with van der Waals surface area (Å²) < 4.78 is 33.6. The van der Waals surface area contributed by atoms with Gasteiger partial charge in [-0.25, -0.2) is 13.2 Å². The molecule has 2 aliphatic rings. The van der Waals surface area contributed by atoms with Gasteiger partial charge in [-0.3, -0.25) is 14.7 Å². The highest BCUT2D eigenvalue weighted by Crippen LogP contribution is 2.32. The van der Waals surface area contributed by atoms with E-state index in [1.807, 2.05) is 25.7 Å². The van der Waals surface area contributed by atoms with Gasteiger partial charge in [0.15, 0.2) is 0 Å². The Labute approximate surface area is 216 Å². The number of nitrogens with one attached hydrogen (secondary N) is 1. The zero-order valence-corrected chi connectivity index (χ0v) is 22.3. The molecular weight excluding hydrogens is 506 g/mol. The Morgan fingerprint density at radius 3 is 2.56 bits per heavy atom.